The molecular formula is C16H29IN6. The van der Waals surface area contributed by atoms with E-state index in [2.05, 4.69) is 39.2 Å². The van der Waals surface area contributed by atoms with Crippen molar-refractivity contribution in [2.45, 2.75) is 65.5 Å². The molecule has 0 saturated heterocycles. The fraction of sp³-hybridized carbons (Fsp3) is 0.812. The number of halogens is 1. The molecule has 23 heavy (non-hydrogen) atoms. The molecule has 1 aromatic rings. The van der Waals surface area contributed by atoms with Gasteiger partial charge in [0.25, 0.3) is 0 Å². The number of nitrogens with zero attached hydrogens (tertiary/aromatic N) is 4. The summed E-state index contributed by atoms with van der Waals surface area (Å²) in [6.45, 7) is 7.93. The molecule has 7 heteroatoms. The minimum atomic E-state index is 0. The first-order valence-electron chi connectivity index (χ1n) is 8.69. The van der Waals surface area contributed by atoms with E-state index >= 15 is 0 Å². The zero-order valence-corrected chi connectivity index (χ0v) is 16.6. The quantitative estimate of drug-likeness (QED) is 0.412. The number of hydrogen-bond acceptors (Lipinski definition) is 3. The van der Waals surface area contributed by atoms with E-state index in [1.807, 2.05) is 0 Å². The Balaban J connectivity index is 0.00000192. The van der Waals surface area contributed by atoms with E-state index < -0.39 is 0 Å². The number of hydrogen-bond donors (Lipinski definition) is 2. The van der Waals surface area contributed by atoms with E-state index in [0.717, 1.165) is 43.7 Å². The van der Waals surface area contributed by atoms with Crippen molar-refractivity contribution >= 4 is 29.9 Å². The Morgan fingerprint density at radius 3 is 2.70 bits per heavy atom. The molecule has 1 fully saturated rings. The predicted octanol–water partition coefficient (Wildman–Crippen LogP) is 2.48. The van der Waals surface area contributed by atoms with Gasteiger partial charge < -0.3 is 15.2 Å². The minimum Gasteiger partial charge on any atom is -0.357 e. The molecule has 1 aliphatic heterocycles. The van der Waals surface area contributed by atoms with Gasteiger partial charge in [-0.3, -0.25) is 0 Å². The van der Waals surface area contributed by atoms with Crippen LogP contribution in [0.3, 0.4) is 0 Å². The Hall–Kier alpha value is -0.860. The molecule has 0 amide bonds. The molecule has 0 bridgehead atoms. The van der Waals surface area contributed by atoms with Crippen molar-refractivity contribution in [1.82, 2.24) is 25.4 Å². The summed E-state index contributed by atoms with van der Waals surface area (Å²) in [5.41, 5.74) is 0.492. The van der Waals surface area contributed by atoms with Crippen LogP contribution in [-0.4, -0.2) is 33.8 Å². The lowest BCUT2D eigenvalue weighted by Crippen LogP contribution is -2.46. The molecule has 130 valence electrons. The summed E-state index contributed by atoms with van der Waals surface area (Å²) < 4.78 is 2.21. The molecule has 0 spiro atoms. The SMILES string of the molecule is CCNC(=NCc1nnc2n1CCC2)NCC1(CC)CCC1.I. The van der Waals surface area contributed by atoms with Crippen LogP contribution in [0.5, 0.6) is 0 Å². The van der Waals surface area contributed by atoms with E-state index in [0.29, 0.717) is 12.0 Å². The van der Waals surface area contributed by atoms with Crippen molar-refractivity contribution < 1.29 is 0 Å². The first-order valence-corrected chi connectivity index (χ1v) is 8.69. The molecule has 6 nitrogen and oxygen atoms in total. The highest BCUT2D eigenvalue weighted by molar-refractivity contribution is 14.0. The van der Waals surface area contributed by atoms with E-state index in [1.165, 1.54) is 32.1 Å². The molecule has 3 rings (SSSR count). The number of nitrogens with one attached hydrogen (secondary N) is 2. The molecule has 1 saturated carbocycles. The maximum atomic E-state index is 4.70. The average Bonchev–Trinajstić information content (AvgIpc) is 3.07. The third-order valence-electron chi connectivity index (χ3n) is 5.20. The standard InChI is InChI=1S/C16H28N6.HI/c1-3-16(8-6-9-16)12-19-15(17-4-2)18-11-14-21-20-13-7-5-10-22(13)14;/h3-12H2,1-2H3,(H2,17,18,19);1H. The lowest BCUT2D eigenvalue weighted by atomic mass is 9.67. The second-order valence-electron chi connectivity index (χ2n) is 6.54. The van der Waals surface area contributed by atoms with Crippen LogP contribution < -0.4 is 10.6 Å². The van der Waals surface area contributed by atoms with Crippen LogP contribution in [0.2, 0.25) is 0 Å². The molecule has 2 aliphatic rings. The topological polar surface area (TPSA) is 67.1 Å². The number of rotatable bonds is 6. The average molecular weight is 432 g/mol. The smallest absolute Gasteiger partial charge is 0.191 e. The molecule has 1 aromatic heterocycles. The van der Waals surface area contributed by atoms with E-state index in [9.17, 15) is 0 Å². The number of aliphatic imine (C=N–C) groups is 1. The number of aromatic nitrogens is 3. The molecule has 0 radical (unpaired) electrons. The van der Waals surface area contributed by atoms with Crippen molar-refractivity contribution in [3.05, 3.63) is 11.6 Å². The van der Waals surface area contributed by atoms with Gasteiger partial charge in [-0.15, -0.1) is 34.2 Å². The third kappa shape index (κ3) is 4.16. The normalized spacial score (nSPS) is 18.8. The van der Waals surface area contributed by atoms with Crippen LogP contribution in [0.1, 0.15) is 57.6 Å². The number of aryl methyl sites for hydroxylation is 1. The van der Waals surface area contributed by atoms with E-state index in [-0.39, 0.29) is 24.0 Å². The van der Waals surface area contributed by atoms with Crippen LogP contribution in [0.25, 0.3) is 0 Å². The first kappa shape index (κ1) is 18.5. The van der Waals surface area contributed by atoms with Gasteiger partial charge >= 0.3 is 0 Å². The summed E-state index contributed by atoms with van der Waals surface area (Å²) in [5, 5.41) is 15.4. The predicted molar refractivity (Wildman–Crippen MR) is 103 cm³/mol. The maximum absolute atomic E-state index is 4.70. The first-order chi connectivity index (χ1) is 10.8. The van der Waals surface area contributed by atoms with Gasteiger partial charge in [-0.2, -0.15) is 0 Å². The van der Waals surface area contributed by atoms with Gasteiger partial charge in [0.1, 0.15) is 12.4 Å². The van der Waals surface area contributed by atoms with Crippen LogP contribution in [0, 0.1) is 5.41 Å². The Labute approximate surface area is 155 Å². The molecule has 0 atom stereocenters. The molecular weight excluding hydrogens is 403 g/mol. The Bertz CT molecular complexity index is 529. The summed E-state index contributed by atoms with van der Waals surface area (Å²) >= 11 is 0. The lowest BCUT2D eigenvalue weighted by molar-refractivity contribution is 0.131. The summed E-state index contributed by atoms with van der Waals surface area (Å²) in [5.74, 6) is 3.00. The highest BCUT2D eigenvalue weighted by Gasteiger charge is 2.34. The Morgan fingerprint density at radius 1 is 1.22 bits per heavy atom. The molecule has 2 N–H and O–H groups in total. The molecule has 1 aliphatic carbocycles. The number of guanidine groups is 1. The zero-order chi connectivity index (χ0) is 15.4. The monoisotopic (exact) mass is 432 g/mol. The van der Waals surface area contributed by atoms with Gasteiger partial charge in [0.15, 0.2) is 11.8 Å². The van der Waals surface area contributed by atoms with Gasteiger partial charge in [0.05, 0.1) is 0 Å². The summed E-state index contributed by atoms with van der Waals surface area (Å²) in [7, 11) is 0. The van der Waals surface area contributed by atoms with Gasteiger partial charge in [0, 0.05) is 26.1 Å². The van der Waals surface area contributed by atoms with Gasteiger partial charge in [-0.05, 0) is 38.0 Å². The highest BCUT2D eigenvalue weighted by Crippen LogP contribution is 2.42. The third-order valence-corrected chi connectivity index (χ3v) is 5.20. The van der Waals surface area contributed by atoms with Crippen molar-refractivity contribution in [1.29, 1.82) is 0 Å². The Kier molecular flexibility index (Phi) is 6.67. The lowest BCUT2D eigenvalue weighted by Gasteiger charge is -2.41. The molecule has 2 heterocycles. The van der Waals surface area contributed by atoms with E-state index in [1.54, 1.807) is 0 Å². The fourth-order valence-corrected chi connectivity index (χ4v) is 3.42. The second-order valence-corrected chi connectivity index (χ2v) is 6.54. The second kappa shape index (κ2) is 8.30. The highest BCUT2D eigenvalue weighted by atomic mass is 127. The maximum Gasteiger partial charge on any atom is 0.191 e. The minimum absolute atomic E-state index is 0. The van der Waals surface area contributed by atoms with Crippen molar-refractivity contribution in [3.63, 3.8) is 0 Å². The van der Waals surface area contributed by atoms with Gasteiger partial charge in [-0.25, -0.2) is 4.99 Å². The Morgan fingerprint density at radius 2 is 2.04 bits per heavy atom. The van der Waals surface area contributed by atoms with Gasteiger partial charge in [0.2, 0.25) is 0 Å². The van der Waals surface area contributed by atoms with Crippen LogP contribution in [0.15, 0.2) is 4.99 Å². The molecule has 0 aromatic carbocycles. The van der Waals surface area contributed by atoms with Crippen molar-refractivity contribution in [2.75, 3.05) is 13.1 Å². The summed E-state index contributed by atoms with van der Waals surface area (Å²) in [6.07, 6.45) is 7.53. The number of fused-ring (bicyclic) bond motifs is 1. The zero-order valence-electron chi connectivity index (χ0n) is 14.3. The van der Waals surface area contributed by atoms with Crippen LogP contribution in [0.4, 0.5) is 0 Å². The van der Waals surface area contributed by atoms with Crippen LogP contribution >= 0.6 is 24.0 Å². The summed E-state index contributed by atoms with van der Waals surface area (Å²) in [6, 6.07) is 0. The van der Waals surface area contributed by atoms with Crippen LogP contribution in [-0.2, 0) is 19.5 Å². The van der Waals surface area contributed by atoms with Crippen molar-refractivity contribution in [3.8, 4) is 0 Å². The van der Waals surface area contributed by atoms with Gasteiger partial charge in [-0.1, -0.05) is 13.3 Å². The largest absolute Gasteiger partial charge is 0.357 e. The van der Waals surface area contributed by atoms with Crippen molar-refractivity contribution in [2.24, 2.45) is 10.4 Å². The summed E-state index contributed by atoms with van der Waals surface area (Å²) in [4.78, 5) is 4.70. The van der Waals surface area contributed by atoms with E-state index in [4.69, 9.17) is 4.99 Å². The fourth-order valence-electron chi connectivity index (χ4n) is 3.42. The molecule has 0 unspecified atom stereocenters.